The van der Waals surface area contributed by atoms with Crippen LogP contribution in [0.4, 0.5) is 4.39 Å². The van der Waals surface area contributed by atoms with Crippen molar-refractivity contribution in [2.75, 3.05) is 6.54 Å². The summed E-state index contributed by atoms with van der Waals surface area (Å²) in [5, 5.41) is 0. The van der Waals surface area contributed by atoms with Crippen molar-refractivity contribution < 1.29 is 4.39 Å². The van der Waals surface area contributed by atoms with Crippen molar-refractivity contribution in [2.45, 2.75) is 39.9 Å². The van der Waals surface area contributed by atoms with E-state index in [4.69, 9.17) is 5.73 Å². The first-order valence-corrected chi connectivity index (χ1v) is 8.35. The molecule has 0 aromatic heterocycles. The van der Waals surface area contributed by atoms with Crippen molar-refractivity contribution in [3.05, 3.63) is 71.0 Å². The largest absolute Gasteiger partial charge is 0.326 e. The van der Waals surface area contributed by atoms with Crippen LogP contribution in [0.3, 0.4) is 0 Å². The second-order valence-electron chi connectivity index (χ2n) is 6.33. The van der Waals surface area contributed by atoms with E-state index >= 15 is 0 Å². The van der Waals surface area contributed by atoms with Crippen LogP contribution in [0.5, 0.6) is 0 Å². The topological polar surface area (TPSA) is 29.3 Å². The lowest BCUT2D eigenvalue weighted by Gasteiger charge is -2.25. The highest BCUT2D eigenvalue weighted by molar-refractivity contribution is 5.22. The van der Waals surface area contributed by atoms with Gasteiger partial charge >= 0.3 is 0 Å². The van der Waals surface area contributed by atoms with E-state index < -0.39 is 0 Å². The molecule has 1 atom stereocenters. The minimum atomic E-state index is -0.181. The van der Waals surface area contributed by atoms with E-state index in [1.165, 1.54) is 17.7 Å². The number of hydrogen-bond acceptors (Lipinski definition) is 2. The summed E-state index contributed by atoms with van der Waals surface area (Å²) < 4.78 is 13.1. The molecule has 124 valence electrons. The van der Waals surface area contributed by atoms with Crippen molar-refractivity contribution >= 4 is 0 Å². The lowest BCUT2D eigenvalue weighted by Crippen LogP contribution is -2.27. The summed E-state index contributed by atoms with van der Waals surface area (Å²) in [5.74, 6) is 0.457. The van der Waals surface area contributed by atoms with Crippen LogP contribution in [-0.4, -0.2) is 11.4 Å². The molecule has 2 aromatic rings. The van der Waals surface area contributed by atoms with E-state index in [-0.39, 0.29) is 5.82 Å². The smallest absolute Gasteiger partial charge is 0.123 e. The molecule has 0 amide bonds. The standard InChI is InChI=1S/C20H27FN2/c1-3-16(2)13-23(15-19-8-10-20(21)11-9-19)14-18-6-4-17(12-22)5-7-18/h4-11,16H,3,12-15,22H2,1-2H3. The Morgan fingerprint density at radius 2 is 1.39 bits per heavy atom. The average Bonchev–Trinajstić information content (AvgIpc) is 2.57. The van der Waals surface area contributed by atoms with Crippen LogP contribution in [0, 0.1) is 11.7 Å². The average molecular weight is 314 g/mol. The molecule has 2 N–H and O–H groups in total. The van der Waals surface area contributed by atoms with Crippen molar-refractivity contribution in [1.82, 2.24) is 4.90 Å². The fourth-order valence-corrected chi connectivity index (χ4v) is 2.64. The second kappa shape index (κ2) is 8.80. The van der Waals surface area contributed by atoms with Crippen molar-refractivity contribution in [3.8, 4) is 0 Å². The van der Waals surface area contributed by atoms with E-state index in [9.17, 15) is 4.39 Å². The second-order valence-corrected chi connectivity index (χ2v) is 6.33. The van der Waals surface area contributed by atoms with Gasteiger partial charge in [-0.05, 0) is 34.7 Å². The minimum absolute atomic E-state index is 0.181. The van der Waals surface area contributed by atoms with Crippen molar-refractivity contribution in [3.63, 3.8) is 0 Å². The minimum Gasteiger partial charge on any atom is -0.326 e. The molecule has 0 radical (unpaired) electrons. The number of benzene rings is 2. The molecular weight excluding hydrogens is 287 g/mol. The van der Waals surface area contributed by atoms with Gasteiger partial charge in [-0.1, -0.05) is 56.7 Å². The SMILES string of the molecule is CCC(C)CN(Cc1ccc(F)cc1)Cc1ccc(CN)cc1. The Bertz CT molecular complexity index is 578. The molecule has 0 saturated heterocycles. The Balaban J connectivity index is 2.07. The molecule has 3 heteroatoms. The molecule has 2 nitrogen and oxygen atoms in total. The first kappa shape index (κ1) is 17.6. The van der Waals surface area contributed by atoms with Crippen LogP contribution in [0.1, 0.15) is 37.0 Å². The highest BCUT2D eigenvalue weighted by Gasteiger charge is 2.11. The fraction of sp³-hybridized carbons (Fsp3) is 0.400. The molecule has 0 aliphatic rings. The molecule has 0 aliphatic heterocycles. The van der Waals surface area contributed by atoms with Gasteiger partial charge in [0.1, 0.15) is 5.82 Å². The molecule has 0 heterocycles. The highest BCUT2D eigenvalue weighted by Crippen LogP contribution is 2.15. The zero-order chi connectivity index (χ0) is 16.7. The molecule has 23 heavy (non-hydrogen) atoms. The summed E-state index contributed by atoms with van der Waals surface area (Å²) >= 11 is 0. The lowest BCUT2D eigenvalue weighted by molar-refractivity contribution is 0.218. The molecule has 0 bridgehead atoms. The third-order valence-electron chi connectivity index (χ3n) is 4.25. The first-order valence-electron chi connectivity index (χ1n) is 8.35. The monoisotopic (exact) mass is 314 g/mol. The van der Waals surface area contributed by atoms with Crippen molar-refractivity contribution in [2.24, 2.45) is 11.7 Å². The van der Waals surface area contributed by atoms with Crippen LogP contribution in [-0.2, 0) is 19.6 Å². The van der Waals surface area contributed by atoms with Crippen molar-refractivity contribution in [1.29, 1.82) is 0 Å². The Morgan fingerprint density at radius 1 is 0.913 bits per heavy atom. The van der Waals surface area contributed by atoms with Gasteiger partial charge in [-0.3, -0.25) is 4.90 Å². The number of nitrogens with zero attached hydrogens (tertiary/aromatic N) is 1. The summed E-state index contributed by atoms with van der Waals surface area (Å²) in [6, 6.07) is 15.3. The van der Waals surface area contributed by atoms with Gasteiger partial charge < -0.3 is 5.73 Å². The van der Waals surface area contributed by atoms with E-state index in [0.717, 1.165) is 37.2 Å². The molecule has 1 unspecified atom stereocenters. The van der Waals surface area contributed by atoms with Crippen LogP contribution in [0.25, 0.3) is 0 Å². The van der Waals surface area contributed by atoms with Crippen LogP contribution in [0.2, 0.25) is 0 Å². The number of hydrogen-bond donors (Lipinski definition) is 1. The third kappa shape index (κ3) is 5.77. The third-order valence-corrected chi connectivity index (χ3v) is 4.25. The molecule has 0 aliphatic carbocycles. The molecule has 2 rings (SSSR count). The zero-order valence-electron chi connectivity index (χ0n) is 14.1. The summed E-state index contributed by atoms with van der Waals surface area (Å²) in [7, 11) is 0. The number of halogens is 1. The van der Waals surface area contributed by atoms with Gasteiger partial charge in [0.15, 0.2) is 0 Å². The summed E-state index contributed by atoms with van der Waals surface area (Å²) in [6.07, 6.45) is 1.16. The highest BCUT2D eigenvalue weighted by atomic mass is 19.1. The maximum atomic E-state index is 13.1. The van der Waals surface area contributed by atoms with Crippen LogP contribution >= 0.6 is 0 Å². The van der Waals surface area contributed by atoms with Gasteiger partial charge in [0.05, 0.1) is 0 Å². The Morgan fingerprint density at radius 3 is 1.87 bits per heavy atom. The Kier molecular flexibility index (Phi) is 6.75. The number of nitrogens with two attached hydrogens (primary N) is 1. The van der Waals surface area contributed by atoms with Gasteiger partial charge in [-0.2, -0.15) is 0 Å². The van der Waals surface area contributed by atoms with E-state index in [1.54, 1.807) is 0 Å². The van der Waals surface area contributed by atoms with Gasteiger partial charge in [0.25, 0.3) is 0 Å². The van der Waals surface area contributed by atoms with Gasteiger partial charge in [-0.15, -0.1) is 0 Å². The number of rotatable bonds is 8. The van der Waals surface area contributed by atoms with E-state index in [0.29, 0.717) is 12.5 Å². The maximum Gasteiger partial charge on any atom is 0.123 e. The molecule has 2 aromatic carbocycles. The van der Waals surface area contributed by atoms with Gasteiger partial charge in [0.2, 0.25) is 0 Å². The van der Waals surface area contributed by atoms with Gasteiger partial charge in [-0.25, -0.2) is 4.39 Å². The molecule has 0 fully saturated rings. The predicted molar refractivity (Wildman–Crippen MR) is 94.3 cm³/mol. The Hall–Kier alpha value is -1.71. The molecule has 0 saturated carbocycles. The Labute approximate surface area is 139 Å². The first-order chi connectivity index (χ1) is 11.1. The van der Waals surface area contributed by atoms with Crippen LogP contribution < -0.4 is 5.73 Å². The fourth-order valence-electron chi connectivity index (χ4n) is 2.64. The van der Waals surface area contributed by atoms with Gasteiger partial charge in [0, 0.05) is 26.2 Å². The van der Waals surface area contributed by atoms with E-state index in [1.807, 2.05) is 12.1 Å². The van der Waals surface area contributed by atoms with E-state index in [2.05, 4.69) is 43.0 Å². The summed E-state index contributed by atoms with van der Waals surface area (Å²) in [4.78, 5) is 2.43. The zero-order valence-corrected chi connectivity index (χ0v) is 14.1. The normalized spacial score (nSPS) is 12.6. The van der Waals surface area contributed by atoms with Crippen LogP contribution in [0.15, 0.2) is 48.5 Å². The molecule has 0 spiro atoms. The predicted octanol–water partition coefficient (Wildman–Crippen LogP) is 4.33. The molecular formula is C20H27FN2. The quantitative estimate of drug-likeness (QED) is 0.785. The summed E-state index contributed by atoms with van der Waals surface area (Å²) in [6.45, 7) is 7.83. The lowest BCUT2D eigenvalue weighted by atomic mass is 10.1. The maximum absolute atomic E-state index is 13.1. The summed E-state index contributed by atoms with van der Waals surface area (Å²) in [5.41, 5.74) is 9.24.